The van der Waals surface area contributed by atoms with Gasteiger partial charge in [0.2, 0.25) is 0 Å². The molecule has 3 rings (SSSR count). The highest BCUT2D eigenvalue weighted by atomic mass is 19.4. The van der Waals surface area contributed by atoms with Crippen molar-refractivity contribution in [1.82, 2.24) is 15.5 Å². The number of hydrogen-bond donors (Lipinski definition) is 2. The number of carboxylic acid groups (broad SMARTS) is 1. The summed E-state index contributed by atoms with van der Waals surface area (Å²) in [6.45, 7) is 0. The van der Waals surface area contributed by atoms with E-state index in [2.05, 4.69) is 15.5 Å². The van der Waals surface area contributed by atoms with Gasteiger partial charge in [-0.2, -0.15) is 18.2 Å². The summed E-state index contributed by atoms with van der Waals surface area (Å²) in [5.74, 6) is -3.83. The monoisotopic (exact) mass is 423 g/mol. The molecule has 1 atom stereocenters. The summed E-state index contributed by atoms with van der Waals surface area (Å²) in [4.78, 5) is 27.3. The second-order valence-electron chi connectivity index (χ2n) is 6.15. The van der Waals surface area contributed by atoms with Gasteiger partial charge >= 0.3 is 12.1 Å². The Labute approximate surface area is 166 Å². The van der Waals surface area contributed by atoms with E-state index >= 15 is 0 Å². The maximum Gasteiger partial charge on any atom is 0.416 e. The summed E-state index contributed by atoms with van der Waals surface area (Å²) in [6.07, 6.45) is -5.33. The molecule has 1 aromatic heterocycles. The SMILES string of the molecule is O=C(O)CC(NC(=O)c1noc(-c2ccccc2F)n1)c1cccc(C(F)(F)F)c1. The van der Waals surface area contributed by atoms with Crippen LogP contribution < -0.4 is 5.32 Å². The van der Waals surface area contributed by atoms with Crippen LogP contribution in [0.4, 0.5) is 17.6 Å². The van der Waals surface area contributed by atoms with Crippen molar-refractivity contribution in [2.75, 3.05) is 0 Å². The lowest BCUT2D eigenvalue weighted by Gasteiger charge is -2.18. The molecular weight excluding hydrogens is 410 g/mol. The van der Waals surface area contributed by atoms with Crippen LogP contribution in [0.5, 0.6) is 0 Å². The fourth-order valence-electron chi connectivity index (χ4n) is 2.64. The highest BCUT2D eigenvalue weighted by Crippen LogP contribution is 2.31. The molecule has 0 radical (unpaired) electrons. The number of carbonyl (C=O) groups excluding carboxylic acids is 1. The first-order valence-corrected chi connectivity index (χ1v) is 8.43. The van der Waals surface area contributed by atoms with Crippen molar-refractivity contribution in [3.63, 3.8) is 0 Å². The molecule has 1 amide bonds. The van der Waals surface area contributed by atoms with Gasteiger partial charge in [-0.15, -0.1) is 0 Å². The minimum absolute atomic E-state index is 0.0518. The summed E-state index contributed by atoms with van der Waals surface area (Å²) < 4.78 is 57.5. The van der Waals surface area contributed by atoms with Gasteiger partial charge in [-0.25, -0.2) is 4.39 Å². The molecule has 0 saturated heterocycles. The number of halogens is 4. The second-order valence-corrected chi connectivity index (χ2v) is 6.15. The first-order chi connectivity index (χ1) is 14.1. The molecule has 0 aliphatic rings. The van der Waals surface area contributed by atoms with Crippen LogP contribution in [0.25, 0.3) is 11.5 Å². The summed E-state index contributed by atoms with van der Waals surface area (Å²) in [6, 6.07) is 8.07. The fraction of sp³-hybridized carbons (Fsp3) is 0.158. The Bertz CT molecular complexity index is 1080. The first kappa shape index (κ1) is 21.0. The number of carbonyl (C=O) groups is 2. The molecule has 0 spiro atoms. The third-order valence-electron chi connectivity index (χ3n) is 4.03. The Kier molecular flexibility index (Phi) is 5.81. The lowest BCUT2D eigenvalue weighted by atomic mass is 10.0. The molecule has 1 heterocycles. The van der Waals surface area contributed by atoms with Crippen LogP contribution in [-0.2, 0) is 11.0 Å². The van der Waals surface area contributed by atoms with E-state index in [0.29, 0.717) is 0 Å². The molecule has 30 heavy (non-hydrogen) atoms. The van der Waals surface area contributed by atoms with Gasteiger partial charge in [0.25, 0.3) is 17.6 Å². The van der Waals surface area contributed by atoms with E-state index in [4.69, 9.17) is 9.63 Å². The minimum atomic E-state index is -4.64. The molecule has 2 aromatic carbocycles. The number of rotatable bonds is 6. The predicted molar refractivity (Wildman–Crippen MR) is 93.6 cm³/mol. The summed E-state index contributed by atoms with van der Waals surface area (Å²) in [5.41, 5.74) is -1.12. The van der Waals surface area contributed by atoms with E-state index in [1.54, 1.807) is 0 Å². The molecule has 2 N–H and O–H groups in total. The Morgan fingerprint density at radius 1 is 1.13 bits per heavy atom. The van der Waals surface area contributed by atoms with Gasteiger partial charge in [0.05, 0.1) is 23.6 Å². The van der Waals surface area contributed by atoms with Gasteiger partial charge in [0, 0.05) is 0 Å². The van der Waals surface area contributed by atoms with E-state index in [1.807, 2.05) is 0 Å². The molecule has 3 aromatic rings. The molecule has 0 bridgehead atoms. The van der Waals surface area contributed by atoms with E-state index < -0.39 is 47.7 Å². The smallest absolute Gasteiger partial charge is 0.416 e. The number of benzene rings is 2. The predicted octanol–water partition coefficient (Wildman–Crippen LogP) is 3.84. The van der Waals surface area contributed by atoms with Crippen LogP contribution in [0.3, 0.4) is 0 Å². The van der Waals surface area contributed by atoms with Crippen molar-refractivity contribution < 1.29 is 36.8 Å². The molecule has 11 heteroatoms. The molecule has 156 valence electrons. The number of alkyl halides is 3. The zero-order valence-electron chi connectivity index (χ0n) is 15.0. The number of amides is 1. The maximum absolute atomic E-state index is 13.8. The lowest BCUT2D eigenvalue weighted by Crippen LogP contribution is -2.31. The van der Waals surface area contributed by atoms with Crippen molar-refractivity contribution in [3.05, 3.63) is 71.3 Å². The Hall–Kier alpha value is -3.76. The number of nitrogens with zero attached hydrogens (tertiary/aromatic N) is 2. The summed E-state index contributed by atoms with van der Waals surface area (Å²) in [5, 5.41) is 14.8. The number of aromatic nitrogens is 2. The molecule has 7 nitrogen and oxygen atoms in total. The highest BCUT2D eigenvalue weighted by molar-refractivity contribution is 5.91. The minimum Gasteiger partial charge on any atom is -0.481 e. The van der Waals surface area contributed by atoms with Gasteiger partial charge in [0.15, 0.2) is 0 Å². The third kappa shape index (κ3) is 4.80. The Morgan fingerprint density at radius 3 is 2.53 bits per heavy atom. The zero-order chi connectivity index (χ0) is 21.9. The maximum atomic E-state index is 13.8. The number of nitrogens with one attached hydrogen (secondary N) is 1. The van der Waals surface area contributed by atoms with Crippen molar-refractivity contribution in [3.8, 4) is 11.5 Å². The van der Waals surface area contributed by atoms with E-state index in [9.17, 15) is 27.2 Å². The average Bonchev–Trinajstić information content (AvgIpc) is 3.17. The van der Waals surface area contributed by atoms with Gasteiger partial charge in [-0.3, -0.25) is 9.59 Å². The van der Waals surface area contributed by atoms with Gasteiger partial charge < -0.3 is 14.9 Å². The van der Waals surface area contributed by atoms with Crippen molar-refractivity contribution >= 4 is 11.9 Å². The zero-order valence-corrected chi connectivity index (χ0v) is 15.0. The topological polar surface area (TPSA) is 105 Å². The van der Waals surface area contributed by atoms with E-state index in [-0.39, 0.29) is 17.0 Å². The molecule has 1 unspecified atom stereocenters. The average molecular weight is 423 g/mol. The van der Waals surface area contributed by atoms with Crippen LogP contribution in [0.2, 0.25) is 0 Å². The Morgan fingerprint density at radius 2 is 1.87 bits per heavy atom. The van der Waals surface area contributed by atoms with Crippen LogP contribution in [0, 0.1) is 5.82 Å². The molecule has 0 aliphatic heterocycles. The molecular formula is C19H13F4N3O4. The lowest BCUT2D eigenvalue weighted by molar-refractivity contribution is -0.138. The standard InChI is InChI=1S/C19H13F4N3O4/c20-13-7-2-1-6-12(13)18-25-16(26-30-18)17(29)24-14(9-15(27)28)10-4-3-5-11(8-10)19(21,22)23/h1-8,14H,9H2,(H,24,29)(H,27,28). The van der Waals surface area contributed by atoms with Gasteiger partial charge in [-0.1, -0.05) is 29.4 Å². The van der Waals surface area contributed by atoms with Crippen LogP contribution in [0.1, 0.15) is 34.2 Å². The molecule has 0 aliphatic carbocycles. The van der Waals surface area contributed by atoms with E-state index in [1.165, 1.54) is 24.3 Å². The molecule has 0 saturated carbocycles. The van der Waals surface area contributed by atoms with Crippen molar-refractivity contribution in [1.29, 1.82) is 0 Å². The number of aliphatic carboxylic acids is 1. The van der Waals surface area contributed by atoms with Crippen LogP contribution in [-0.4, -0.2) is 27.1 Å². The first-order valence-electron chi connectivity index (χ1n) is 8.43. The van der Waals surface area contributed by atoms with Crippen molar-refractivity contribution in [2.24, 2.45) is 0 Å². The van der Waals surface area contributed by atoms with Gasteiger partial charge in [0.1, 0.15) is 5.82 Å². The van der Waals surface area contributed by atoms with E-state index in [0.717, 1.165) is 24.3 Å². The summed E-state index contributed by atoms with van der Waals surface area (Å²) >= 11 is 0. The third-order valence-corrected chi connectivity index (χ3v) is 4.03. The number of hydrogen-bond acceptors (Lipinski definition) is 5. The van der Waals surface area contributed by atoms with Gasteiger partial charge in [-0.05, 0) is 29.8 Å². The molecule has 0 fully saturated rings. The van der Waals surface area contributed by atoms with Crippen LogP contribution >= 0.6 is 0 Å². The largest absolute Gasteiger partial charge is 0.481 e. The summed E-state index contributed by atoms with van der Waals surface area (Å²) in [7, 11) is 0. The quantitative estimate of drug-likeness (QED) is 0.584. The fourth-order valence-corrected chi connectivity index (χ4v) is 2.64. The van der Waals surface area contributed by atoms with Crippen molar-refractivity contribution in [2.45, 2.75) is 18.6 Å². The normalized spacial score (nSPS) is 12.4. The highest BCUT2D eigenvalue weighted by Gasteiger charge is 2.31. The van der Waals surface area contributed by atoms with Crippen LogP contribution in [0.15, 0.2) is 53.1 Å². The second kappa shape index (κ2) is 8.31. The Balaban J connectivity index is 1.85. The number of carboxylic acids is 1.